The summed E-state index contributed by atoms with van der Waals surface area (Å²) in [6.07, 6.45) is 0. The summed E-state index contributed by atoms with van der Waals surface area (Å²) in [6.45, 7) is 1.73. The van der Waals surface area contributed by atoms with Crippen molar-refractivity contribution >= 4 is 21.9 Å². The molecular formula is C10H12BrNO3. The minimum Gasteiger partial charge on any atom is -0.507 e. The molecule has 0 radical (unpaired) electrons. The van der Waals surface area contributed by atoms with E-state index in [9.17, 15) is 9.90 Å². The molecule has 0 unspecified atom stereocenters. The number of carbonyl (C=O) groups excluding carboxylic acids is 1. The fraction of sp³-hybridized carbons (Fsp3) is 0.300. The zero-order chi connectivity index (χ0) is 11.6. The van der Waals surface area contributed by atoms with E-state index < -0.39 is 12.0 Å². The molecule has 0 amide bonds. The molecule has 0 aliphatic rings. The largest absolute Gasteiger partial charge is 0.507 e. The third kappa shape index (κ3) is 2.30. The van der Waals surface area contributed by atoms with Crippen molar-refractivity contribution in [3.05, 3.63) is 27.7 Å². The van der Waals surface area contributed by atoms with Crippen LogP contribution >= 0.6 is 15.9 Å². The van der Waals surface area contributed by atoms with Gasteiger partial charge in [-0.15, -0.1) is 0 Å². The number of nitrogens with two attached hydrogens (primary N) is 1. The van der Waals surface area contributed by atoms with Crippen LogP contribution in [0.25, 0.3) is 0 Å². The number of aromatic hydroxyl groups is 1. The van der Waals surface area contributed by atoms with Gasteiger partial charge in [-0.25, -0.2) is 0 Å². The number of rotatable bonds is 2. The number of phenolic OH excluding ortho intramolecular Hbond substituents is 1. The molecule has 3 N–H and O–H groups in total. The number of methoxy groups -OCH3 is 1. The van der Waals surface area contributed by atoms with E-state index in [0.717, 1.165) is 0 Å². The van der Waals surface area contributed by atoms with Crippen LogP contribution in [0.4, 0.5) is 0 Å². The quantitative estimate of drug-likeness (QED) is 0.804. The van der Waals surface area contributed by atoms with Crippen LogP contribution in [0, 0.1) is 6.92 Å². The van der Waals surface area contributed by atoms with Gasteiger partial charge in [0.2, 0.25) is 0 Å². The summed E-state index contributed by atoms with van der Waals surface area (Å²) in [5.41, 5.74) is 6.66. The second-order valence-corrected chi connectivity index (χ2v) is 3.98. The Morgan fingerprint density at radius 2 is 2.20 bits per heavy atom. The molecule has 0 aliphatic carbocycles. The van der Waals surface area contributed by atoms with E-state index in [1.54, 1.807) is 19.1 Å². The van der Waals surface area contributed by atoms with Gasteiger partial charge in [0.05, 0.1) is 7.11 Å². The number of aryl methyl sites for hydroxylation is 1. The minimum absolute atomic E-state index is 0.0160. The number of esters is 1. The third-order valence-electron chi connectivity index (χ3n) is 2.13. The van der Waals surface area contributed by atoms with Gasteiger partial charge in [-0.3, -0.25) is 4.79 Å². The zero-order valence-corrected chi connectivity index (χ0v) is 10.0. The summed E-state index contributed by atoms with van der Waals surface area (Å²) in [4.78, 5) is 11.2. The Morgan fingerprint density at radius 1 is 1.60 bits per heavy atom. The Hall–Kier alpha value is -1.07. The molecule has 82 valence electrons. The summed E-state index contributed by atoms with van der Waals surface area (Å²) in [5.74, 6) is -0.570. The molecule has 4 nitrogen and oxygen atoms in total. The molecule has 0 aromatic heterocycles. The van der Waals surface area contributed by atoms with Crippen molar-refractivity contribution in [2.24, 2.45) is 5.73 Å². The molecule has 1 aromatic rings. The van der Waals surface area contributed by atoms with Gasteiger partial charge >= 0.3 is 5.97 Å². The number of phenols is 1. The third-order valence-corrected chi connectivity index (χ3v) is 2.82. The Bertz CT molecular complexity index is 392. The van der Waals surface area contributed by atoms with Gasteiger partial charge in [0.25, 0.3) is 0 Å². The molecule has 1 aromatic carbocycles. The molecule has 1 rings (SSSR count). The molecular weight excluding hydrogens is 262 g/mol. The molecule has 0 heterocycles. The van der Waals surface area contributed by atoms with Crippen LogP contribution < -0.4 is 5.73 Å². The second kappa shape index (κ2) is 4.63. The fourth-order valence-electron chi connectivity index (χ4n) is 1.23. The van der Waals surface area contributed by atoms with E-state index in [4.69, 9.17) is 5.73 Å². The lowest BCUT2D eigenvalue weighted by Gasteiger charge is -2.14. The highest BCUT2D eigenvalue weighted by Gasteiger charge is 2.23. The monoisotopic (exact) mass is 273 g/mol. The SMILES string of the molecule is COC(=O)[C@H](N)c1c(Br)ccc(C)c1O. The number of ether oxygens (including phenoxy) is 1. The summed E-state index contributed by atoms with van der Waals surface area (Å²) in [5, 5.41) is 9.78. The number of benzene rings is 1. The van der Waals surface area contributed by atoms with Crippen LogP contribution in [-0.4, -0.2) is 18.2 Å². The van der Waals surface area contributed by atoms with Crippen LogP contribution in [0.3, 0.4) is 0 Å². The smallest absolute Gasteiger partial charge is 0.327 e. The molecule has 0 saturated heterocycles. The zero-order valence-electron chi connectivity index (χ0n) is 8.45. The Labute approximate surface area is 96.2 Å². The van der Waals surface area contributed by atoms with Gasteiger partial charge in [0.15, 0.2) is 0 Å². The Kier molecular flexibility index (Phi) is 3.71. The topological polar surface area (TPSA) is 72.5 Å². The van der Waals surface area contributed by atoms with Crippen molar-refractivity contribution in [3.8, 4) is 5.75 Å². The number of carbonyl (C=O) groups is 1. The van der Waals surface area contributed by atoms with Gasteiger partial charge in [0, 0.05) is 10.0 Å². The average Bonchev–Trinajstić information content (AvgIpc) is 2.22. The molecule has 0 saturated carbocycles. The normalized spacial score (nSPS) is 12.3. The van der Waals surface area contributed by atoms with Crippen molar-refractivity contribution < 1.29 is 14.6 Å². The maximum Gasteiger partial charge on any atom is 0.327 e. The summed E-state index contributed by atoms with van der Waals surface area (Å²) < 4.78 is 5.11. The molecule has 5 heteroatoms. The second-order valence-electron chi connectivity index (χ2n) is 3.13. The maximum absolute atomic E-state index is 11.2. The number of hydrogen-bond acceptors (Lipinski definition) is 4. The lowest BCUT2D eigenvalue weighted by Crippen LogP contribution is -2.23. The van der Waals surface area contributed by atoms with E-state index in [1.165, 1.54) is 7.11 Å². The van der Waals surface area contributed by atoms with Crippen molar-refractivity contribution in [1.29, 1.82) is 0 Å². The predicted octanol–water partition coefficient (Wildman–Crippen LogP) is 1.64. The fourth-order valence-corrected chi connectivity index (χ4v) is 1.80. The van der Waals surface area contributed by atoms with Crippen LogP contribution in [0.2, 0.25) is 0 Å². The molecule has 0 spiro atoms. The Morgan fingerprint density at radius 3 is 2.73 bits per heavy atom. The van der Waals surface area contributed by atoms with Crippen LogP contribution in [0.5, 0.6) is 5.75 Å². The van der Waals surface area contributed by atoms with Gasteiger partial charge < -0.3 is 15.6 Å². The standard InChI is InChI=1S/C10H12BrNO3/c1-5-3-4-6(11)7(9(5)13)8(12)10(14)15-2/h3-4,8,13H,12H2,1-2H3/t8-/m1/s1. The van der Waals surface area contributed by atoms with E-state index in [1.807, 2.05) is 0 Å². The van der Waals surface area contributed by atoms with Crippen LogP contribution in [0.1, 0.15) is 17.2 Å². The number of hydrogen-bond donors (Lipinski definition) is 2. The highest BCUT2D eigenvalue weighted by Crippen LogP contribution is 2.33. The first kappa shape index (κ1) is 12.0. The highest BCUT2D eigenvalue weighted by molar-refractivity contribution is 9.10. The van der Waals surface area contributed by atoms with Crippen LogP contribution in [0.15, 0.2) is 16.6 Å². The van der Waals surface area contributed by atoms with Gasteiger partial charge in [0.1, 0.15) is 11.8 Å². The predicted molar refractivity (Wildman–Crippen MR) is 59.5 cm³/mol. The maximum atomic E-state index is 11.2. The van der Waals surface area contributed by atoms with Crippen molar-refractivity contribution in [1.82, 2.24) is 0 Å². The minimum atomic E-state index is -0.982. The van der Waals surface area contributed by atoms with Gasteiger partial charge in [-0.2, -0.15) is 0 Å². The summed E-state index contributed by atoms with van der Waals surface area (Å²) in [7, 11) is 1.25. The Balaban J connectivity index is 3.24. The lowest BCUT2D eigenvalue weighted by molar-refractivity contribution is -0.142. The van der Waals surface area contributed by atoms with E-state index in [2.05, 4.69) is 20.7 Å². The summed E-state index contributed by atoms with van der Waals surface area (Å²) >= 11 is 3.23. The lowest BCUT2D eigenvalue weighted by atomic mass is 10.0. The van der Waals surface area contributed by atoms with Crippen LogP contribution in [-0.2, 0) is 9.53 Å². The van der Waals surface area contributed by atoms with Crippen molar-refractivity contribution in [2.45, 2.75) is 13.0 Å². The molecule has 0 aliphatic heterocycles. The summed E-state index contributed by atoms with van der Waals surface area (Å²) in [6, 6.07) is 2.48. The highest BCUT2D eigenvalue weighted by atomic mass is 79.9. The molecule has 0 fully saturated rings. The van der Waals surface area contributed by atoms with Crippen molar-refractivity contribution in [2.75, 3.05) is 7.11 Å². The van der Waals surface area contributed by atoms with E-state index >= 15 is 0 Å². The molecule has 1 atom stereocenters. The van der Waals surface area contributed by atoms with Crippen molar-refractivity contribution in [3.63, 3.8) is 0 Å². The first-order valence-corrected chi connectivity index (χ1v) is 5.09. The van der Waals surface area contributed by atoms with E-state index in [0.29, 0.717) is 15.6 Å². The first-order chi connectivity index (χ1) is 6.99. The first-order valence-electron chi connectivity index (χ1n) is 4.30. The van der Waals surface area contributed by atoms with E-state index in [-0.39, 0.29) is 5.75 Å². The average molecular weight is 274 g/mol. The molecule has 15 heavy (non-hydrogen) atoms. The number of halogens is 1. The van der Waals surface area contributed by atoms with Gasteiger partial charge in [-0.05, 0) is 18.6 Å². The van der Waals surface area contributed by atoms with Gasteiger partial charge in [-0.1, -0.05) is 22.0 Å². The molecule has 0 bridgehead atoms.